The van der Waals surface area contributed by atoms with Gasteiger partial charge in [0, 0.05) is 6.42 Å². The molecule has 4 rings (SSSR count). The van der Waals surface area contributed by atoms with Crippen LogP contribution in [0.2, 0.25) is 0 Å². The van der Waals surface area contributed by atoms with Crippen molar-refractivity contribution in [3.8, 4) is 0 Å². The summed E-state index contributed by atoms with van der Waals surface area (Å²) >= 11 is 0. The average Bonchev–Trinajstić information content (AvgIpc) is 3.14. The Morgan fingerprint density at radius 2 is 1.50 bits per heavy atom. The summed E-state index contributed by atoms with van der Waals surface area (Å²) in [7, 11) is -4.35. The van der Waals surface area contributed by atoms with Gasteiger partial charge in [0.05, 0.1) is 22.1 Å². The number of para-hydroxylation sites is 4. The van der Waals surface area contributed by atoms with Gasteiger partial charge in [-0.3, -0.25) is 4.55 Å². The predicted octanol–water partition coefficient (Wildman–Crippen LogP) is 2.61. The molecule has 0 saturated carbocycles. The summed E-state index contributed by atoms with van der Waals surface area (Å²) in [5.74, 6) is 0.665. The number of H-pyrrole nitrogens is 2. The zero-order valence-corrected chi connectivity index (χ0v) is 13.3. The van der Waals surface area contributed by atoms with E-state index >= 15 is 0 Å². The Morgan fingerprint density at radius 1 is 0.917 bits per heavy atom. The van der Waals surface area contributed by atoms with Crippen LogP contribution in [-0.4, -0.2) is 32.9 Å². The molecule has 0 bridgehead atoms. The van der Waals surface area contributed by atoms with Crippen molar-refractivity contribution in [2.75, 3.05) is 0 Å². The van der Waals surface area contributed by atoms with Gasteiger partial charge >= 0.3 is 0 Å². The molecule has 8 heteroatoms. The van der Waals surface area contributed by atoms with Crippen molar-refractivity contribution in [3.63, 3.8) is 0 Å². The van der Waals surface area contributed by atoms with Gasteiger partial charge in [-0.25, -0.2) is 9.97 Å². The molecule has 4 aromatic rings. The van der Waals surface area contributed by atoms with E-state index in [2.05, 4.69) is 19.9 Å². The monoisotopic (exact) mass is 342 g/mol. The highest BCUT2D eigenvalue weighted by atomic mass is 32.2. The molecule has 2 heterocycles. The molecule has 0 fully saturated rings. The first-order valence-corrected chi connectivity index (χ1v) is 8.85. The number of nitrogens with zero attached hydrogens (tertiary/aromatic N) is 2. The summed E-state index contributed by atoms with van der Waals surface area (Å²) < 4.78 is 33.4. The van der Waals surface area contributed by atoms with Gasteiger partial charge in [0.25, 0.3) is 10.1 Å². The van der Waals surface area contributed by atoms with Gasteiger partial charge in [0.1, 0.15) is 11.6 Å². The third kappa shape index (κ3) is 2.66. The Balaban J connectivity index is 1.76. The maximum absolute atomic E-state index is 11.9. The number of hydrogen-bond acceptors (Lipinski definition) is 4. The largest absolute Gasteiger partial charge is 0.342 e. The van der Waals surface area contributed by atoms with Crippen LogP contribution in [-0.2, 0) is 16.5 Å². The van der Waals surface area contributed by atoms with Gasteiger partial charge in [-0.15, -0.1) is 0 Å². The third-order valence-corrected chi connectivity index (χ3v) is 5.00. The Labute approximate surface area is 137 Å². The number of aromatic amines is 2. The van der Waals surface area contributed by atoms with E-state index < -0.39 is 15.4 Å². The lowest BCUT2D eigenvalue weighted by atomic mass is 10.3. The number of aromatic nitrogens is 4. The molecule has 0 saturated heterocycles. The molecule has 0 aliphatic carbocycles. The molecule has 1 atom stereocenters. The molecule has 0 amide bonds. The van der Waals surface area contributed by atoms with E-state index in [4.69, 9.17) is 0 Å². The summed E-state index contributed by atoms with van der Waals surface area (Å²) in [4.78, 5) is 14.7. The van der Waals surface area contributed by atoms with E-state index in [1.54, 1.807) is 12.1 Å². The van der Waals surface area contributed by atoms with Crippen LogP contribution in [0.25, 0.3) is 22.1 Å². The highest BCUT2D eigenvalue weighted by Gasteiger charge is 2.30. The molecule has 1 unspecified atom stereocenters. The topological polar surface area (TPSA) is 112 Å². The number of hydrogen-bond donors (Lipinski definition) is 3. The summed E-state index contributed by atoms with van der Waals surface area (Å²) in [6.45, 7) is 0. The minimum Gasteiger partial charge on any atom is -0.342 e. The quantitative estimate of drug-likeness (QED) is 0.494. The van der Waals surface area contributed by atoms with E-state index in [9.17, 15) is 13.0 Å². The van der Waals surface area contributed by atoms with Crippen LogP contribution in [0.15, 0.2) is 48.5 Å². The lowest BCUT2D eigenvalue weighted by molar-refractivity contribution is 0.464. The fourth-order valence-electron chi connectivity index (χ4n) is 2.75. The Kier molecular flexibility index (Phi) is 3.36. The van der Waals surface area contributed by atoms with Crippen molar-refractivity contribution >= 4 is 32.2 Å². The predicted molar refractivity (Wildman–Crippen MR) is 90.2 cm³/mol. The van der Waals surface area contributed by atoms with Gasteiger partial charge in [0.15, 0.2) is 5.25 Å². The molecule has 2 aromatic carbocycles. The molecule has 7 nitrogen and oxygen atoms in total. The maximum Gasteiger partial charge on any atom is 0.275 e. The minimum absolute atomic E-state index is 0.00661. The van der Waals surface area contributed by atoms with Crippen molar-refractivity contribution < 1.29 is 13.0 Å². The normalized spacial score (nSPS) is 13.5. The molecule has 2 aromatic heterocycles. The van der Waals surface area contributed by atoms with Crippen LogP contribution in [0.4, 0.5) is 0 Å². The smallest absolute Gasteiger partial charge is 0.275 e. The van der Waals surface area contributed by atoms with Gasteiger partial charge in [0.2, 0.25) is 0 Å². The minimum atomic E-state index is -4.35. The van der Waals surface area contributed by atoms with Crippen molar-refractivity contribution in [2.24, 2.45) is 0 Å². The number of rotatable bonds is 4. The summed E-state index contributed by atoms with van der Waals surface area (Å²) in [6, 6.07) is 14.6. The first kappa shape index (κ1) is 14.9. The van der Waals surface area contributed by atoms with Crippen LogP contribution < -0.4 is 0 Å². The van der Waals surface area contributed by atoms with Crippen LogP contribution in [0.5, 0.6) is 0 Å². The SMILES string of the molecule is O=S(=O)(O)C(Cc1nc2ccccc2[nH]1)c1nc2ccccc2[nH]1. The molecular formula is C16H14N4O3S. The molecule has 0 spiro atoms. The van der Waals surface area contributed by atoms with Crippen molar-refractivity contribution in [3.05, 3.63) is 60.2 Å². The fourth-order valence-corrected chi connectivity index (χ4v) is 3.51. The lowest BCUT2D eigenvalue weighted by Crippen LogP contribution is -2.17. The zero-order chi connectivity index (χ0) is 16.7. The number of benzene rings is 2. The van der Waals surface area contributed by atoms with E-state index in [1.807, 2.05) is 36.4 Å². The first-order valence-electron chi connectivity index (χ1n) is 7.35. The number of nitrogens with one attached hydrogen (secondary N) is 2. The summed E-state index contributed by atoms with van der Waals surface area (Å²) in [5, 5.41) is -1.22. The van der Waals surface area contributed by atoms with Crippen LogP contribution in [0, 0.1) is 0 Å². The number of imidazole rings is 2. The van der Waals surface area contributed by atoms with Gasteiger partial charge < -0.3 is 9.97 Å². The van der Waals surface area contributed by atoms with Crippen molar-refractivity contribution in [1.29, 1.82) is 0 Å². The molecule has 0 radical (unpaired) electrons. The summed E-state index contributed by atoms with van der Waals surface area (Å²) in [6.07, 6.45) is -0.00661. The van der Waals surface area contributed by atoms with Gasteiger partial charge in [-0.05, 0) is 24.3 Å². The average molecular weight is 342 g/mol. The molecule has 0 aliphatic rings. The molecule has 0 aliphatic heterocycles. The second kappa shape index (κ2) is 5.43. The van der Waals surface area contributed by atoms with Crippen molar-refractivity contribution in [2.45, 2.75) is 11.7 Å². The van der Waals surface area contributed by atoms with E-state index in [0.717, 1.165) is 11.0 Å². The van der Waals surface area contributed by atoms with E-state index in [1.165, 1.54) is 0 Å². The van der Waals surface area contributed by atoms with Gasteiger partial charge in [-0.1, -0.05) is 24.3 Å². The Morgan fingerprint density at radius 3 is 2.08 bits per heavy atom. The molecule has 3 N–H and O–H groups in total. The standard InChI is InChI=1S/C16H14N4O3S/c21-24(22,23)14(16-19-12-7-3-4-8-13(12)20-16)9-15-17-10-5-1-2-6-11(10)18-15/h1-8,14H,9H2,(H,17,18)(H,19,20)(H,21,22,23). The fraction of sp³-hybridized carbons (Fsp3) is 0.125. The highest BCUT2D eigenvalue weighted by molar-refractivity contribution is 7.86. The van der Waals surface area contributed by atoms with Gasteiger partial charge in [-0.2, -0.15) is 8.42 Å². The van der Waals surface area contributed by atoms with Crippen molar-refractivity contribution in [1.82, 2.24) is 19.9 Å². The van der Waals surface area contributed by atoms with Crippen LogP contribution >= 0.6 is 0 Å². The van der Waals surface area contributed by atoms with E-state index in [0.29, 0.717) is 16.9 Å². The lowest BCUT2D eigenvalue weighted by Gasteiger charge is -2.09. The summed E-state index contributed by atoms with van der Waals surface area (Å²) in [5.41, 5.74) is 2.91. The Hall–Kier alpha value is -2.71. The number of fused-ring (bicyclic) bond motifs is 2. The van der Waals surface area contributed by atoms with E-state index in [-0.39, 0.29) is 12.2 Å². The molecule has 24 heavy (non-hydrogen) atoms. The second-order valence-electron chi connectivity index (χ2n) is 5.55. The first-order chi connectivity index (χ1) is 11.5. The Bertz CT molecular complexity index is 1060. The molecular weight excluding hydrogens is 328 g/mol. The maximum atomic E-state index is 11.9. The van der Waals surface area contributed by atoms with Crippen LogP contribution in [0.1, 0.15) is 16.9 Å². The molecule has 122 valence electrons. The third-order valence-electron chi connectivity index (χ3n) is 3.89. The van der Waals surface area contributed by atoms with Crippen LogP contribution in [0.3, 0.4) is 0 Å². The second-order valence-corrected chi connectivity index (χ2v) is 7.15. The highest BCUT2D eigenvalue weighted by Crippen LogP contribution is 2.26. The zero-order valence-electron chi connectivity index (χ0n) is 12.5.